The van der Waals surface area contributed by atoms with Crippen molar-refractivity contribution >= 4 is 45.6 Å². The Hall–Kier alpha value is -1.47. The second-order valence-electron chi connectivity index (χ2n) is 6.73. The molecular formula is C17H28IN7O2S. The van der Waals surface area contributed by atoms with E-state index in [1.54, 1.807) is 4.31 Å². The summed E-state index contributed by atoms with van der Waals surface area (Å²) in [7, 11) is -3.08. The summed E-state index contributed by atoms with van der Waals surface area (Å²) in [5.41, 5.74) is 0.804. The van der Waals surface area contributed by atoms with Crippen molar-refractivity contribution in [2.45, 2.75) is 26.3 Å². The first-order chi connectivity index (χ1) is 13.0. The standard InChI is InChI=1S/C17H27N7O2S.HI/c1-3-18-17(19-12-14-7-10-23(11-8-14)27(2,25)26)20-13-16-22-21-15-6-4-5-9-24(15)16;/h4-6,9,14H,3,7-8,10-13H2,1-2H3,(H2,18,19,20);1H. The van der Waals surface area contributed by atoms with Gasteiger partial charge >= 0.3 is 0 Å². The molecule has 156 valence electrons. The summed E-state index contributed by atoms with van der Waals surface area (Å²) in [5, 5.41) is 14.9. The molecule has 0 atom stereocenters. The number of guanidine groups is 1. The Morgan fingerprint density at radius 2 is 2.00 bits per heavy atom. The van der Waals surface area contributed by atoms with Crippen LogP contribution in [0.4, 0.5) is 0 Å². The molecule has 0 aromatic carbocycles. The minimum atomic E-state index is -3.08. The van der Waals surface area contributed by atoms with Crippen molar-refractivity contribution in [2.75, 3.05) is 32.4 Å². The highest BCUT2D eigenvalue weighted by Gasteiger charge is 2.24. The number of nitrogens with one attached hydrogen (secondary N) is 2. The lowest BCUT2D eigenvalue weighted by Crippen LogP contribution is -2.44. The predicted octanol–water partition coefficient (Wildman–Crippen LogP) is 1.07. The maximum Gasteiger partial charge on any atom is 0.211 e. The molecule has 28 heavy (non-hydrogen) atoms. The molecule has 11 heteroatoms. The average molecular weight is 521 g/mol. The summed E-state index contributed by atoms with van der Waals surface area (Å²) in [6.07, 6.45) is 4.91. The zero-order valence-electron chi connectivity index (χ0n) is 16.2. The van der Waals surface area contributed by atoms with Crippen molar-refractivity contribution in [3.63, 3.8) is 0 Å². The highest BCUT2D eigenvalue weighted by Crippen LogP contribution is 2.18. The second kappa shape index (κ2) is 10.3. The van der Waals surface area contributed by atoms with Gasteiger partial charge in [0.15, 0.2) is 17.4 Å². The molecule has 0 spiro atoms. The lowest BCUT2D eigenvalue weighted by Gasteiger charge is -2.30. The van der Waals surface area contributed by atoms with E-state index in [1.807, 2.05) is 35.7 Å². The van der Waals surface area contributed by atoms with Crippen LogP contribution in [0.2, 0.25) is 0 Å². The fraction of sp³-hybridized carbons (Fsp3) is 0.588. The van der Waals surface area contributed by atoms with Gasteiger partial charge < -0.3 is 10.6 Å². The first-order valence-corrected chi connectivity index (χ1v) is 11.1. The fourth-order valence-electron chi connectivity index (χ4n) is 3.18. The van der Waals surface area contributed by atoms with Gasteiger partial charge in [0, 0.05) is 32.4 Å². The molecule has 0 amide bonds. The normalized spacial score (nSPS) is 16.7. The quantitative estimate of drug-likeness (QED) is 0.335. The third-order valence-corrected chi connectivity index (χ3v) is 6.01. The van der Waals surface area contributed by atoms with Crippen molar-refractivity contribution in [2.24, 2.45) is 10.9 Å². The number of aromatic nitrogens is 3. The van der Waals surface area contributed by atoms with E-state index in [2.05, 4.69) is 25.8 Å². The van der Waals surface area contributed by atoms with Crippen molar-refractivity contribution < 1.29 is 8.42 Å². The summed E-state index contributed by atoms with van der Waals surface area (Å²) in [4.78, 5) is 4.61. The van der Waals surface area contributed by atoms with E-state index in [9.17, 15) is 8.42 Å². The first kappa shape index (κ1) is 22.8. The summed E-state index contributed by atoms with van der Waals surface area (Å²) in [6.45, 7) is 5.15. The zero-order valence-corrected chi connectivity index (χ0v) is 19.4. The van der Waals surface area contributed by atoms with Crippen molar-refractivity contribution in [3.05, 3.63) is 30.2 Å². The minimum absolute atomic E-state index is 0. The molecule has 1 aliphatic rings. The van der Waals surface area contributed by atoms with Gasteiger partial charge in [-0.05, 0) is 37.8 Å². The molecule has 1 saturated heterocycles. The van der Waals surface area contributed by atoms with Crippen LogP contribution in [0.3, 0.4) is 0 Å². The summed E-state index contributed by atoms with van der Waals surface area (Å²) in [6, 6.07) is 5.78. The van der Waals surface area contributed by atoms with Gasteiger partial charge in [0.1, 0.15) is 6.54 Å². The number of sulfonamides is 1. The smallest absolute Gasteiger partial charge is 0.211 e. The minimum Gasteiger partial charge on any atom is -0.357 e. The molecule has 2 aromatic rings. The molecule has 3 rings (SSSR count). The van der Waals surface area contributed by atoms with E-state index in [0.29, 0.717) is 25.6 Å². The monoisotopic (exact) mass is 521 g/mol. The van der Waals surface area contributed by atoms with Crippen LogP contribution in [-0.2, 0) is 16.6 Å². The number of aliphatic imine (C=N–C) groups is 1. The number of fused-ring (bicyclic) bond motifs is 1. The van der Waals surface area contributed by atoms with Crippen LogP contribution >= 0.6 is 24.0 Å². The van der Waals surface area contributed by atoms with Crippen LogP contribution in [0.5, 0.6) is 0 Å². The number of hydrogen-bond donors (Lipinski definition) is 2. The molecule has 0 aliphatic carbocycles. The second-order valence-corrected chi connectivity index (χ2v) is 8.71. The Morgan fingerprint density at radius 3 is 2.68 bits per heavy atom. The van der Waals surface area contributed by atoms with Crippen LogP contribution in [0.25, 0.3) is 5.65 Å². The van der Waals surface area contributed by atoms with Gasteiger partial charge in [0.25, 0.3) is 0 Å². The maximum atomic E-state index is 11.6. The highest BCUT2D eigenvalue weighted by atomic mass is 127. The van der Waals surface area contributed by atoms with Crippen LogP contribution in [-0.4, -0.2) is 65.7 Å². The highest BCUT2D eigenvalue weighted by molar-refractivity contribution is 14.0. The largest absolute Gasteiger partial charge is 0.357 e. The van der Waals surface area contributed by atoms with Gasteiger partial charge in [-0.25, -0.2) is 17.7 Å². The first-order valence-electron chi connectivity index (χ1n) is 9.23. The summed E-state index contributed by atoms with van der Waals surface area (Å²) in [5.74, 6) is 1.95. The third kappa shape index (κ3) is 6.01. The van der Waals surface area contributed by atoms with E-state index in [4.69, 9.17) is 0 Å². The Balaban J connectivity index is 0.00000280. The molecule has 9 nitrogen and oxygen atoms in total. The maximum absolute atomic E-state index is 11.6. The molecule has 0 radical (unpaired) electrons. The predicted molar refractivity (Wildman–Crippen MR) is 120 cm³/mol. The molecule has 1 fully saturated rings. The summed E-state index contributed by atoms with van der Waals surface area (Å²) >= 11 is 0. The van der Waals surface area contributed by atoms with E-state index in [0.717, 1.165) is 43.4 Å². The van der Waals surface area contributed by atoms with Gasteiger partial charge in [-0.2, -0.15) is 0 Å². The Bertz CT molecular complexity index is 892. The third-order valence-electron chi connectivity index (χ3n) is 4.71. The van der Waals surface area contributed by atoms with Crippen LogP contribution in [0.1, 0.15) is 25.6 Å². The average Bonchev–Trinajstić information content (AvgIpc) is 3.07. The number of hydrogen-bond acceptors (Lipinski definition) is 5. The van der Waals surface area contributed by atoms with Crippen molar-refractivity contribution in [1.29, 1.82) is 0 Å². The van der Waals surface area contributed by atoms with Gasteiger partial charge in [0.05, 0.1) is 6.26 Å². The van der Waals surface area contributed by atoms with Crippen LogP contribution in [0.15, 0.2) is 29.4 Å². The van der Waals surface area contributed by atoms with E-state index in [1.165, 1.54) is 6.26 Å². The molecular weight excluding hydrogens is 493 g/mol. The van der Waals surface area contributed by atoms with E-state index in [-0.39, 0.29) is 24.0 Å². The number of nitrogens with zero attached hydrogens (tertiary/aromatic N) is 5. The Labute approximate surface area is 183 Å². The topological polar surface area (TPSA) is 104 Å². The molecule has 2 N–H and O–H groups in total. The Kier molecular flexibility index (Phi) is 8.43. The SMILES string of the molecule is CCNC(=NCc1nnc2ccccn12)NCC1CCN(S(C)(=O)=O)CC1.I. The Morgan fingerprint density at radius 1 is 1.25 bits per heavy atom. The molecule has 0 saturated carbocycles. The lowest BCUT2D eigenvalue weighted by atomic mass is 9.98. The summed E-state index contributed by atoms with van der Waals surface area (Å²) < 4.78 is 26.7. The van der Waals surface area contributed by atoms with E-state index >= 15 is 0 Å². The van der Waals surface area contributed by atoms with E-state index < -0.39 is 10.0 Å². The van der Waals surface area contributed by atoms with Crippen LogP contribution in [0, 0.1) is 5.92 Å². The van der Waals surface area contributed by atoms with Gasteiger partial charge in [-0.15, -0.1) is 34.2 Å². The number of pyridine rings is 1. The fourth-order valence-corrected chi connectivity index (χ4v) is 4.05. The van der Waals surface area contributed by atoms with Crippen LogP contribution < -0.4 is 10.6 Å². The molecule has 0 bridgehead atoms. The van der Waals surface area contributed by atoms with Crippen molar-refractivity contribution in [1.82, 2.24) is 29.5 Å². The molecule has 3 heterocycles. The van der Waals surface area contributed by atoms with Gasteiger partial charge in [0.2, 0.25) is 10.0 Å². The van der Waals surface area contributed by atoms with Gasteiger partial charge in [-0.1, -0.05) is 6.07 Å². The lowest BCUT2D eigenvalue weighted by molar-refractivity contribution is 0.275. The zero-order chi connectivity index (χ0) is 19.3. The molecule has 0 unspecified atom stereocenters. The number of rotatable bonds is 6. The number of halogens is 1. The van der Waals surface area contributed by atoms with Crippen molar-refractivity contribution in [3.8, 4) is 0 Å². The van der Waals surface area contributed by atoms with Gasteiger partial charge in [-0.3, -0.25) is 4.40 Å². The molecule has 1 aliphatic heterocycles. The number of piperidine rings is 1. The molecule has 2 aromatic heterocycles.